The van der Waals surface area contributed by atoms with Gasteiger partial charge in [-0.3, -0.25) is 9.59 Å². The maximum absolute atomic E-state index is 12.0. The second kappa shape index (κ2) is 7.66. The van der Waals surface area contributed by atoms with Crippen LogP contribution in [0.2, 0.25) is 10.0 Å². The van der Waals surface area contributed by atoms with E-state index in [1.807, 2.05) is 13.8 Å². The number of amides is 1. The van der Waals surface area contributed by atoms with Crippen LogP contribution in [0.5, 0.6) is 0 Å². The van der Waals surface area contributed by atoms with Crippen molar-refractivity contribution in [3.8, 4) is 0 Å². The minimum atomic E-state index is -0.806. The van der Waals surface area contributed by atoms with Gasteiger partial charge in [0, 0.05) is 18.0 Å². The van der Waals surface area contributed by atoms with Crippen molar-refractivity contribution in [1.82, 2.24) is 5.32 Å². The lowest BCUT2D eigenvalue weighted by atomic mass is 9.84. The average molecular weight is 332 g/mol. The molecule has 0 fully saturated rings. The van der Waals surface area contributed by atoms with E-state index in [2.05, 4.69) is 5.32 Å². The normalized spacial score (nSPS) is 11.2. The van der Waals surface area contributed by atoms with Crippen LogP contribution in [-0.2, 0) is 4.79 Å². The molecule has 6 heteroatoms. The standard InChI is InChI=1S/C15H19Cl2NO3/c1-15(2,6-5-13(19)20)7-8-18-14(21)11-4-3-10(16)9-12(11)17/h3-4,9H,5-8H2,1-2H3,(H,18,21)(H,19,20). The maximum atomic E-state index is 12.0. The Hall–Kier alpha value is -1.26. The van der Waals surface area contributed by atoms with Crippen molar-refractivity contribution in [2.24, 2.45) is 5.41 Å². The molecule has 1 rings (SSSR count). The van der Waals surface area contributed by atoms with Crippen LogP contribution in [0.3, 0.4) is 0 Å². The number of nitrogens with one attached hydrogen (secondary N) is 1. The summed E-state index contributed by atoms with van der Waals surface area (Å²) >= 11 is 11.7. The van der Waals surface area contributed by atoms with Gasteiger partial charge in [-0.15, -0.1) is 0 Å². The summed E-state index contributed by atoms with van der Waals surface area (Å²) in [5.74, 6) is -1.06. The smallest absolute Gasteiger partial charge is 0.303 e. The Bertz CT molecular complexity index is 530. The van der Waals surface area contributed by atoms with Crippen LogP contribution in [0.1, 0.15) is 43.5 Å². The first-order valence-electron chi connectivity index (χ1n) is 6.66. The number of hydrogen-bond donors (Lipinski definition) is 2. The molecular weight excluding hydrogens is 313 g/mol. The third kappa shape index (κ3) is 6.36. The zero-order chi connectivity index (χ0) is 16.0. The van der Waals surface area contributed by atoms with Crippen LogP contribution < -0.4 is 5.32 Å². The van der Waals surface area contributed by atoms with Crippen LogP contribution >= 0.6 is 23.2 Å². The monoisotopic (exact) mass is 331 g/mol. The van der Waals surface area contributed by atoms with E-state index in [0.29, 0.717) is 35.0 Å². The number of benzene rings is 1. The largest absolute Gasteiger partial charge is 0.481 e. The Morgan fingerprint density at radius 3 is 2.48 bits per heavy atom. The van der Waals surface area contributed by atoms with Gasteiger partial charge in [0.2, 0.25) is 0 Å². The van der Waals surface area contributed by atoms with Gasteiger partial charge in [-0.1, -0.05) is 37.0 Å². The summed E-state index contributed by atoms with van der Waals surface area (Å²) in [5.41, 5.74) is 0.236. The zero-order valence-corrected chi connectivity index (χ0v) is 13.6. The highest BCUT2D eigenvalue weighted by atomic mass is 35.5. The van der Waals surface area contributed by atoms with Crippen LogP contribution in [0.25, 0.3) is 0 Å². The molecule has 21 heavy (non-hydrogen) atoms. The number of halogens is 2. The lowest BCUT2D eigenvalue weighted by Crippen LogP contribution is -2.28. The third-order valence-corrected chi connectivity index (χ3v) is 3.83. The SMILES string of the molecule is CC(C)(CCNC(=O)c1ccc(Cl)cc1Cl)CCC(=O)O. The number of hydrogen-bond acceptors (Lipinski definition) is 2. The highest BCUT2D eigenvalue weighted by Crippen LogP contribution is 2.26. The van der Waals surface area contributed by atoms with Gasteiger partial charge in [0.15, 0.2) is 0 Å². The second-order valence-electron chi connectivity index (χ2n) is 5.69. The zero-order valence-electron chi connectivity index (χ0n) is 12.1. The molecule has 0 spiro atoms. The summed E-state index contributed by atoms with van der Waals surface area (Å²) in [4.78, 5) is 22.6. The van der Waals surface area contributed by atoms with E-state index in [1.165, 1.54) is 6.07 Å². The van der Waals surface area contributed by atoms with Crippen LogP contribution in [-0.4, -0.2) is 23.5 Å². The van der Waals surface area contributed by atoms with Gasteiger partial charge >= 0.3 is 5.97 Å². The summed E-state index contributed by atoms with van der Waals surface area (Å²) < 4.78 is 0. The number of rotatable bonds is 7. The van der Waals surface area contributed by atoms with Crippen molar-refractivity contribution in [1.29, 1.82) is 0 Å². The molecule has 1 aromatic carbocycles. The number of carboxylic acid groups (broad SMARTS) is 1. The summed E-state index contributed by atoms with van der Waals surface area (Å²) in [6.45, 7) is 4.43. The van der Waals surface area contributed by atoms with Crippen molar-refractivity contribution in [3.05, 3.63) is 33.8 Å². The van der Waals surface area contributed by atoms with Crippen molar-refractivity contribution in [3.63, 3.8) is 0 Å². The van der Waals surface area contributed by atoms with Gasteiger partial charge in [-0.05, 0) is 36.5 Å². The fraction of sp³-hybridized carbons (Fsp3) is 0.467. The minimum absolute atomic E-state index is 0.129. The highest BCUT2D eigenvalue weighted by molar-refractivity contribution is 6.36. The Balaban J connectivity index is 2.48. The number of carbonyl (C=O) groups excluding carboxylic acids is 1. The van der Waals surface area contributed by atoms with E-state index in [1.54, 1.807) is 12.1 Å². The number of carbonyl (C=O) groups is 2. The Kier molecular flexibility index (Phi) is 6.49. The van der Waals surface area contributed by atoms with E-state index < -0.39 is 5.97 Å². The molecule has 1 amide bonds. The van der Waals surface area contributed by atoms with Gasteiger partial charge in [0.05, 0.1) is 10.6 Å². The van der Waals surface area contributed by atoms with Crippen LogP contribution in [0.15, 0.2) is 18.2 Å². The molecule has 0 radical (unpaired) electrons. The lowest BCUT2D eigenvalue weighted by Gasteiger charge is -2.23. The molecule has 0 aliphatic heterocycles. The average Bonchev–Trinajstić information content (AvgIpc) is 2.36. The number of carboxylic acids is 1. The van der Waals surface area contributed by atoms with Crippen molar-refractivity contribution in [2.75, 3.05) is 6.54 Å². The van der Waals surface area contributed by atoms with Gasteiger partial charge in [-0.25, -0.2) is 0 Å². The summed E-state index contributed by atoms with van der Waals surface area (Å²) in [6, 6.07) is 4.71. The predicted molar refractivity (Wildman–Crippen MR) is 84.1 cm³/mol. The molecule has 0 unspecified atom stereocenters. The lowest BCUT2D eigenvalue weighted by molar-refractivity contribution is -0.137. The van der Waals surface area contributed by atoms with Gasteiger partial charge in [0.1, 0.15) is 0 Å². The first kappa shape index (κ1) is 17.8. The van der Waals surface area contributed by atoms with E-state index in [4.69, 9.17) is 28.3 Å². The van der Waals surface area contributed by atoms with Crippen molar-refractivity contribution < 1.29 is 14.7 Å². The molecule has 0 saturated carbocycles. The first-order valence-corrected chi connectivity index (χ1v) is 7.42. The van der Waals surface area contributed by atoms with Crippen LogP contribution in [0.4, 0.5) is 0 Å². The minimum Gasteiger partial charge on any atom is -0.481 e. The Labute approximate surface area is 134 Å². The molecule has 0 aliphatic carbocycles. The molecular formula is C15H19Cl2NO3. The number of aliphatic carboxylic acids is 1. The topological polar surface area (TPSA) is 66.4 Å². The van der Waals surface area contributed by atoms with Crippen molar-refractivity contribution >= 4 is 35.1 Å². The molecule has 0 aliphatic rings. The molecule has 2 N–H and O–H groups in total. The molecule has 0 heterocycles. The Morgan fingerprint density at radius 1 is 1.24 bits per heavy atom. The quantitative estimate of drug-likeness (QED) is 0.793. The maximum Gasteiger partial charge on any atom is 0.303 e. The molecule has 4 nitrogen and oxygen atoms in total. The first-order chi connectivity index (χ1) is 9.71. The summed E-state index contributed by atoms with van der Waals surface area (Å²) in [7, 11) is 0. The van der Waals surface area contributed by atoms with Crippen molar-refractivity contribution in [2.45, 2.75) is 33.1 Å². The fourth-order valence-corrected chi connectivity index (χ4v) is 2.35. The molecule has 0 saturated heterocycles. The predicted octanol–water partition coefficient (Wildman–Crippen LogP) is 4.00. The molecule has 116 valence electrons. The summed E-state index contributed by atoms with van der Waals surface area (Å²) in [6.07, 6.45) is 1.39. The van der Waals surface area contributed by atoms with E-state index in [9.17, 15) is 9.59 Å². The van der Waals surface area contributed by atoms with E-state index in [0.717, 1.165) is 0 Å². The van der Waals surface area contributed by atoms with E-state index in [-0.39, 0.29) is 17.7 Å². The second-order valence-corrected chi connectivity index (χ2v) is 6.53. The molecule has 0 bridgehead atoms. The fourth-order valence-electron chi connectivity index (χ4n) is 1.85. The van der Waals surface area contributed by atoms with Crippen LogP contribution in [0, 0.1) is 5.41 Å². The molecule has 0 atom stereocenters. The van der Waals surface area contributed by atoms with Gasteiger partial charge < -0.3 is 10.4 Å². The van der Waals surface area contributed by atoms with E-state index >= 15 is 0 Å². The molecule has 1 aromatic rings. The molecule has 0 aromatic heterocycles. The van der Waals surface area contributed by atoms with Gasteiger partial charge in [-0.2, -0.15) is 0 Å². The Morgan fingerprint density at radius 2 is 1.90 bits per heavy atom. The summed E-state index contributed by atoms with van der Waals surface area (Å²) in [5, 5.41) is 12.3. The highest BCUT2D eigenvalue weighted by Gasteiger charge is 2.19. The van der Waals surface area contributed by atoms with Gasteiger partial charge in [0.25, 0.3) is 5.91 Å². The third-order valence-electron chi connectivity index (χ3n) is 3.28.